The van der Waals surface area contributed by atoms with Crippen molar-refractivity contribution >= 4 is 0 Å². The van der Waals surface area contributed by atoms with Gasteiger partial charge in [0.15, 0.2) is 0 Å². The second-order valence-electron chi connectivity index (χ2n) is 8.81. The highest BCUT2D eigenvalue weighted by molar-refractivity contribution is 5.38. The van der Waals surface area contributed by atoms with Crippen LogP contribution in [0, 0.1) is 28.6 Å². The van der Waals surface area contributed by atoms with E-state index in [-0.39, 0.29) is 0 Å². The van der Waals surface area contributed by atoms with E-state index in [1.54, 1.807) is 11.1 Å². The fourth-order valence-electron chi connectivity index (χ4n) is 6.67. The van der Waals surface area contributed by atoms with Crippen LogP contribution in [0.2, 0.25) is 0 Å². The molecule has 3 rings (SSSR count). The molecule has 2 fully saturated rings. The lowest BCUT2D eigenvalue weighted by Gasteiger charge is -2.53. The van der Waals surface area contributed by atoms with Crippen molar-refractivity contribution in [3.63, 3.8) is 0 Å². The molecule has 23 heavy (non-hydrogen) atoms. The van der Waals surface area contributed by atoms with Gasteiger partial charge in [-0.1, -0.05) is 76.5 Å². The SMILES string of the molecule is C=C/C=C1/CCC2C(=CCC3(C)C(CC)CCC23)C1(C)CCC. The van der Waals surface area contributed by atoms with Crippen molar-refractivity contribution in [2.24, 2.45) is 28.6 Å². The first-order valence-corrected chi connectivity index (χ1v) is 10.0. The van der Waals surface area contributed by atoms with Gasteiger partial charge in [0.25, 0.3) is 0 Å². The Morgan fingerprint density at radius 2 is 2.00 bits per heavy atom. The third kappa shape index (κ3) is 2.48. The summed E-state index contributed by atoms with van der Waals surface area (Å²) < 4.78 is 0. The van der Waals surface area contributed by atoms with Crippen molar-refractivity contribution in [1.29, 1.82) is 0 Å². The molecular weight excluding hydrogens is 276 g/mol. The molecule has 0 amide bonds. The van der Waals surface area contributed by atoms with Crippen LogP contribution in [0.5, 0.6) is 0 Å². The summed E-state index contributed by atoms with van der Waals surface area (Å²) in [7, 11) is 0. The summed E-state index contributed by atoms with van der Waals surface area (Å²) in [6.07, 6.45) is 17.9. The molecule has 0 bridgehead atoms. The molecule has 0 spiro atoms. The molecule has 0 radical (unpaired) electrons. The molecule has 3 aliphatic rings. The van der Waals surface area contributed by atoms with Gasteiger partial charge in [-0.2, -0.15) is 0 Å². The predicted molar refractivity (Wildman–Crippen MR) is 101 cm³/mol. The molecule has 5 atom stereocenters. The van der Waals surface area contributed by atoms with Crippen LogP contribution in [0.25, 0.3) is 0 Å². The largest absolute Gasteiger partial charge is 0.0991 e. The molecule has 0 aromatic carbocycles. The average Bonchev–Trinajstić information content (AvgIpc) is 2.87. The minimum atomic E-state index is 0.303. The first-order chi connectivity index (χ1) is 11.0. The zero-order valence-corrected chi connectivity index (χ0v) is 15.8. The van der Waals surface area contributed by atoms with Crippen LogP contribution in [-0.4, -0.2) is 0 Å². The highest BCUT2D eigenvalue weighted by atomic mass is 14.6. The third-order valence-electron chi connectivity index (χ3n) is 7.89. The quantitative estimate of drug-likeness (QED) is 0.486. The zero-order valence-electron chi connectivity index (χ0n) is 15.8. The van der Waals surface area contributed by atoms with Crippen molar-refractivity contribution in [3.05, 3.63) is 36.0 Å². The summed E-state index contributed by atoms with van der Waals surface area (Å²) in [5.74, 6) is 2.74. The van der Waals surface area contributed by atoms with Crippen molar-refractivity contribution in [1.82, 2.24) is 0 Å². The minimum absolute atomic E-state index is 0.303. The van der Waals surface area contributed by atoms with Crippen LogP contribution >= 0.6 is 0 Å². The maximum absolute atomic E-state index is 3.97. The molecule has 0 aromatic rings. The highest BCUT2D eigenvalue weighted by Gasteiger charge is 2.54. The van der Waals surface area contributed by atoms with Crippen molar-refractivity contribution in [2.75, 3.05) is 0 Å². The first kappa shape index (κ1) is 17.1. The Hall–Kier alpha value is -0.780. The van der Waals surface area contributed by atoms with Gasteiger partial charge >= 0.3 is 0 Å². The average molecular weight is 313 g/mol. The van der Waals surface area contributed by atoms with Crippen LogP contribution in [0.15, 0.2) is 36.0 Å². The van der Waals surface area contributed by atoms with Crippen LogP contribution in [0.3, 0.4) is 0 Å². The predicted octanol–water partition coefficient (Wildman–Crippen LogP) is 7.09. The summed E-state index contributed by atoms with van der Waals surface area (Å²) in [5, 5.41) is 0. The van der Waals surface area contributed by atoms with E-state index in [0.717, 1.165) is 17.8 Å². The van der Waals surface area contributed by atoms with E-state index in [9.17, 15) is 0 Å². The molecule has 0 heterocycles. The Bertz CT molecular complexity index is 522. The van der Waals surface area contributed by atoms with Crippen LogP contribution in [0.4, 0.5) is 0 Å². The number of fused-ring (bicyclic) bond motifs is 3. The second kappa shape index (κ2) is 6.26. The normalized spacial score (nSPS) is 44.6. The molecule has 128 valence electrons. The van der Waals surface area contributed by atoms with Gasteiger partial charge < -0.3 is 0 Å². The monoisotopic (exact) mass is 312 g/mol. The summed E-state index contributed by atoms with van der Waals surface area (Å²) >= 11 is 0. The Morgan fingerprint density at radius 3 is 2.65 bits per heavy atom. The van der Waals surface area contributed by atoms with Crippen LogP contribution in [0.1, 0.15) is 79.1 Å². The number of rotatable bonds is 4. The summed E-state index contributed by atoms with van der Waals surface area (Å²) in [6, 6.07) is 0. The maximum atomic E-state index is 3.97. The molecule has 0 aromatic heterocycles. The van der Waals surface area contributed by atoms with Crippen molar-refractivity contribution in [2.45, 2.75) is 79.1 Å². The fourth-order valence-corrected chi connectivity index (χ4v) is 6.67. The van der Waals surface area contributed by atoms with Gasteiger partial charge in [0, 0.05) is 5.41 Å². The number of allylic oxidation sites excluding steroid dienone is 5. The van der Waals surface area contributed by atoms with Crippen molar-refractivity contribution in [3.8, 4) is 0 Å². The van der Waals surface area contributed by atoms with Gasteiger partial charge in [0.1, 0.15) is 0 Å². The Kier molecular flexibility index (Phi) is 4.64. The van der Waals surface area contributed by atoms with Gasteiger partial charge in [-0.05, 0) is 61.7 Å². The lowest BCUT2D eigenvalue weighted by molar-refractivity contribution is 0.0840. The highest BCUT2D eigenvalue weighted by Crippen LogP contribution is 2.64. The van der Waals surface area contributed by atoms with Crippen molar-refractivity contribution < 1.29 is 0 Å². The van der Waals surface area contributed by atoms with E-state index < -0.39 is 0 Å². The molecular formula is C23H36. The van der Waals surface area contributed by atoms with Crippen LogP contribution in [-0.2, 0) is 0 Å². The smallest absolute Gasteiger partial charge is 0.00981 e. The fraction of sp³-hybridized carbons (Fsp3) is 0.739. The molecule has 5 unspecified atom stereocenters. The molecule has 0 saturated heterocycles. The lowest BCUT2D eigenvalue weighted by Crippen LogP contribution is -2.43. The Labute approximate surface area is 144 Å². The van der Waals surface area contributed by atoms with Crippen LogP contribution < -0.4 is 0 Å². The van der Waals surface area contributed by atoms with Gasteiger partial charge in [-0.3, -0.25) is 0 Å². The minimum Gasteiger partial charge on any atom is -0.0991 e. The molecule has 3 aliphatic carbocycles. The third-order valence-corrected chi connectivity index (χ3v) is 7.89. The Balaban J connectivity index is 2.00. The number of hydrogen-bond acceptors (Lipinski definition) is 0. The second-order valence-corrected chi connectivity index (χ2v) is 8.81. The molecule has 2 saturated carbocycles. The molecule has 0 nitrogen and oxygen atoms in total. The molecule has 0 aliphatic heterocycles. The van der Waals surface area contributed by atoms with Gasteiger partial charge in [-0.25, -0.2) is 0 Å². The summed E-state index contributed by atoms with van der Waals surface area (Å²) in [4.78, 5) is 0. The van der Waals surface area contributed by atoms with E-state index in [1.165, 1.54) is 51.4 Å². The Morgan fingerprint density at radius 1 is 1.22 bits per heavy atom. The maximum Gasteiger partial charge on any atom is 0.00981 e. The number of hydrogen-bond donors (Lipinski definition) is 0. The molecule has 0 heteroatoms. The van der Waals surface area contributed by atoms with E-state index in [1.807, 2.05) is 6.08 Å². The standard InChI is InChI=1S/C23H36/c1-6-9-18-10-12-19-20-13-11-17(8-3)23(20,5)16-14-21(19)22(18,4)15-7-2/h6,9,14,17,19-20H,1,7-8,10-13,15-16H2,2-5H3/b18-9-. The summed E-state index contributed by atoms with van der Waals surface area (Å²) in [6.45, 7) is 13.9. The van der Waals surface area contributed by atoms with Gasteiger partial charge in [0.05, 0.1) is 0 Å². The van der Waals surface area contributed by atoms with E-state index in [2.05, 4.69) is 46.4 Å². The zero-order chi connectivity index (χ0) is 16.7. The first-order valence-electron chi connectivity index (χ1n) is 10.0. The summed E-state index contributed by atoms with van der Waals surface area (Å²) in [5.41, 5.74) is 4.33. The van der Waals surface area contributed by atoms with E-state index in [4.69, 9.17) is 0 Å². The molecule has 0 N–H and O–H groups in total. The lowest BCUT2D eigenvalue weighted by atomic mass is 9.52. The topological polar surface area (TPSA) is 0 Å². The van der Waals surface area contributed by atoms with E-state index >= 15 is 0 Å². The van der Waals surface area contributed by atoms with Gasteiger partial charge in [0.2, 0.25) is 0 Å². The van der Waals surface area contributed by atoms with E-state index in [0.29, 0.717) is 10.8 Å². The van der Waals surface area contributed by atoms with Gasteiger partial charge in [-0.15, -0.1) is 0 Å².